The van der Waals surface area contributed by atoms with Crippen molar-refractivity contribution in [3.05, 3.63) is 82.4 Å². The Kier molecular flexibility index (Phi) is 9.34. The lowest BCUT2D eigenvalue weighted by Crippen LogP contribution is -2.48. The van der Waals surface area contributed by atoms with Crippen molar-refractivity contribution in [2.45, 2.75) is 44.6 Å². The molecule has 0 spiro atoms. The number of hydrogen-bond donors (Lipinski definition) is 6. The number of halogens is 1. The van der Waals surface area contributed by atoms with Crippen LogP contribution in [0.25, 0.3) is 0 Å². The average Bonchev–Trinajstić information content (AvgIpc) is 3.32. The first-order valence-electron chi connectivity index (χ1n) is 14.1. The standard InChI is InChI=1S/C31H35ClN6O5/c1-18-36-37-31-24(17-29(42)34-14-13-33-28(41)12-4-19-3-11-26(39)27(40)15-19)35-30(20-5-7-21(32)8-6-20)23-16-22(43-2)9-10-25(23)38(18)31/h3,5-11,15-16,18,24,31,36-37,39-40H,4,12-14,17H2,1-2H3,(H,33,41)(H,34,42). The normalized spacial score (nSPS) is 19.1. The summed E-state index contributed by atoms with van der Waals surface area (Å²) in [7, 11) is 1.62. The quantitative estimate of drug-likeness (QED) is 0.153. The van der Waals surface area contributed by atoms with Gasteiger partial charge < -0.3 is 30.5 Å². The Hall–Kier alpha value is -4.32. The molecule has 2 aliphatic heterocycles. The minimum atomic E-state index is -0.446. The Labute approximate surface area is 254 Å². The van der Waals surface area contributed by atoms with Crippen molar-refractivity contribution in [2.75, 3.05) is 25.1 Å². The average molecular weight is 607 g/mol. The van der Waals surface area contributed by atoms with E-state index in [1.165, 1.54) is 12.1 Å². The van der Waals surface area contributed by atoms with E-state index in [2.05, 4.69) is 26.4 Å². The summed E-state index contributed by atoms with van der Waals surface area (Å²) < 4.78 is 5.53. The smallest absolute Gasteiger partial charge is 0.222 e. The van der Waals surface area contributed by atoms with Gasteiger partial charge in [-0.15, -0.1) is 0 Å². The molecule has 5 rings (SSSR count). The highest BCUT2D eigenvalue weighted by Gasteiger charge is 2.40. The van der Waals surface area contributed by atoms with Gasteiger partial charge in [0.1, 0.15) is 11.9 Å². The minimum Gasteiger partial charge on any atom is -0.504 e. The lowest BCUT2D eigenvalue weighted by Gasteiger charge is -2.31. The second kappa shape index (κ2) is 13.3. The Balaban J connectivity index is 1.25. The number of rotatable bonds is 10. The summed E-state index contributed by atoms with van der Waals surface area (Å²) in [4.78, 5) is 32.7. The van der Waals surface area contributed by atoms with Gasteiger partial charge in [0.2, 0.25) is 11.8 Å². The van der Waals surface area contributed by atoms with Crippen molar-refractivity contribution >= 4 is 34.8 Å². The summed E-state index contributed by atoms with van der Waals surface area (Å²) >= 11 is 6.18. The summed E-state index contributed by atoms with van der Waals surface area (Å²) in [6.45, 7) is 2.57. The van der Waals surface area contributed by atoms with Crippen molar-refractivity contribution in [2.24, 2.45) is 4.99 Å². The second-order valence-electron chi connectivity index (χ2n) is 10.5. The van der Waals surface area contributed by atoms with E-state index in [0.717, 1.165) is 28.1 Å². The number of aromatic hydroxyl groups is 2. The van der Waals surface area contributed by atoms with Gasteiger partial charge >= 0.3 is 0 Å². The molecule has 0 radical (unpaired) electrons. The number of hydrogen-bond acceptors (Lipinski definition) is 9. The van der Waals surface area contributed by atoms with Crippen LogP contribution in [0.2, 0.25) is 5.02 Å². The summed E-state index contributed by atoms with van der Waals surface area (Å²) in [5.74, 6) is -0.0933. The summed E-state index contributed by atoms with van der Waals surface area (Å²) in [6, 6.07) is 17.4. The molecular weight excluding hydrogens is 572 g/mol. The van der Waals surface area contributed by atoms with Gasteiger partial charge in [-0.25, -0.2) is 10.9 Å². The van der Waals surface area contributed by atoms with E-state index in [1.807, 2.05) is 49.4 Å². The zero-order valence-corrected chi connectivity index (χ0v) is 24.7. The van der Waals surface area contributed by atoms with E-state index in [0.29, 0.717) is 17.2 Å². The first kappa shape index (κ1) is 30.1. The third kappa shape index (κ3) is 7.02. The number of benzene rings is 3. The molecule has 3 aromatic rings. The first-order valence-corrected chi connectivity index (χ1v) is 14.5. The monoisotopic (exact) mass is 606 g/mol. The van der Waals surface area contributed by atoms with Crippen LogP contribution in [0.15, 0.2) is 65.7 Å². The van der Waals surface area contributed by atoms with Crippen molar-refractivity contribution in [1.29, 1.82) is 0 Å². The van der Waals surface area contributed by atoms with E-state index in [9.17, 15) is 19.8 Å². The molecule has 2 amide bonds. The van der Waals surface area contributed by atoms with Crippen LogP contribution >= 0.6 is 11.6 Å². The van der Waals surface area contributed by atoms with Crippen LogP contribution in [-0.4, -0.2) is 66.3 Å². The van der Waals surface area contributed by atoms with Crippen LogP contribution in [0.4, 0.5) is 5.69 Å². The van der Waals surface area contributed by atoms with Crippen LogP contribution in [0.3, 0.4) is 0 Å². The number of phenols is 2. The lowest BCUT2D eigenvalue weighted by atomic mass is 9.99. The maximum Gasteiger partial charge on any atom is 0.222 e. The number of nitrogens with zero attached hydrogens (tertiary/aromatic N) is 2. The first-order chi connectivity index (χ1) is 20.7. The highest BCUT2D eigenvalue weighted by atomic mass is 35.5. The number of carbonyl (C=O) groups excluding carboxylic acids is 2. The lowest BCUT2D eigenvalue weighted by molar-refractivity contribution is -0.123. The van der Waals surface area contributed by atoms with Gasteiger partial charge in [0, 0.05) is 41.3 Å². The van der Waals surface area contributed by atoms with Gasteiger partial charge in [0.15, 0.2) is 11.5 Å². The molecule has 3 atom stereocenters. The number of fused-ring (bicyclic) bond motifs is 3. The van der Waals surface area contributed by atoms with Gasteiger partial charge in [0.05, 0.1) is 31.4 Å². The minimum absolute atomic E-state index is 0.0665. The second-order valence-corrected chi connectivity index (χ2v) is 10.9. The molecule has 11 nitrogen and oxygen atoms in total. The summed E-state index contributed by atoms with van der Waals surface area (Å²) in [5, 5.41) is 25.4. The Bertz CT molecular complexity index is 1520. The molecular formula is C31H35ClN6O5. The molecule has 3 unspecified atom stereocenters. The third-order valence-electron chi connectivity index (χ3n) is 7.52. The number of nitrogens with one attached hydrogen (secondary N) is 4. The molecule has 1 fully saturated rings. The van der Waals surface area contributed by atoms with Crippen molar-refractivity contribution in [1.82, 2.24) is 21.5 Å². The van der Waals surface area contributed by atoms with Crippen LogP contribution in [0, 0.1) is 0 Å². The molecule has 6 N–H and O–H groups in total. The van der Waals surface area contributed by atoms with Gasteiger partial charge in [0.25, 0.3) is 0 Å². The third-order valence-corrected chi connectivity index (χ3v) is 7.77. The molecule has 2 heterocycles. The number of aryl methyl sites for hydroxylation is 1. The van der Waals surface area contributed by atoms with Gasteiger partial charge in [-0.1, -0.05) is 29.8 Å². The number of phenolic OH excluding ortho intramolecular Hbond substituents is 2. The van der Waals surface area contributed by atoms with Gasteiger partial charge in [-0.05, 0) is 61.4 Å². The van der Waals surface area contributed by atoms with Crippen LogP contribution < -0.4 is 31.1 Å². The van der Waals surface area contributed by atoms with E-state index >= 15 is 0 Å². The molecule has 3 aromatic carbocycles. The number of methoxy groups -OCH3 is 1. The molecule has 12 heteroatoms. The summed E-state index contributed by atoms with van der Waals surface area (Å²) in [5.41, 5.74) is 10.8. The molecule has 1 saturated heterocycles. The number of aliphatic imine (C=N–C) groups is 1. The number of carbonyl (C=O) groups is 2. The predicted octanol–water partition coefficient (Wildman–Crippen LogP) is 2.82. The molecule has 2 aliphatic rings. The van der Waals surface area contributed by atoms with Crippen LogP contribution in [-0.2, 0) is 16.0 Å². The highest BCUT2D eigenvalue weighted by Crippen LogP contribution is 2.36. The van der Waals surface area contributed by atoms with Gasteiger partial charge in [-0.2, -0.15) is 0 Å². The van der Waals surface area contributed by atoms with E-state index in [-0.39, 0.29) is 61.6 Å². The van der Waals surface area contributed by atoms with E-state index in [4.69, 9.17) is 21.3 Å². The number of anilines is 1. The molecule has 43 heavy (non-hydrogen) atoms. The van der Waals surface area contributed by atoms with Crippen molar-refractivity contribution in [3.63, 3.8) is 0 Å². The summed E-state index contributed by atoms with van der Waals surface area (Å²) in [6.07, 6.45) is 0.373. The van der Waals surface area contributed by atoms with E-state index in [1.54, 1.807) is 13.2 Å². The maximum atomic E-state index is 13.1. The Morgan fingerprint density at radius 3 is 2.44 bits per heavy atom. The zero-order valence-electron chi connectivity index (χ0n) is 23.9. The fourth-order valence-electron chi connectivity index (χ4n) is 5.32. The largest absolute Gasteiger partial charge is 0.504 e. The number of amides is 2. The number of hydrazine groups is 1. The van der Waals surface area contributed by atoms with Gasteiger partial charge in [-0.3, -0.25) is 14.6 Å². The molecule has 0 aliphatic carbocycles. The van der Waals surface area contributed by atoms with Crippen LogP contribution in [0.1, 0.15) is 36.5 Å². The topological polar surface area (TPSA) is 148 Å². The van der Waals surface area contributed by atoms with E-state index < -0.39 is 6.04 Å². The maximum absolute atomic E-state index is 13.1. The molecule has 0 saturated carbocycles. The van der Waals surface area contributed by atoms with Crippen LogP contribution in [0.5, 0.6) is 17.2 Å². The zero-order chi connectivity index (χ0) is 30.5. The Morgan fingerprint density at radius 1 is 0.977 bits per heavy atom. The molecule has 226 valence electrons. The van der Waals surface area contributed by atoms with Crippen molar-refractivity contribution < 1.29 is 24.5 Å². The SMILES string of the molecule is COc1ccc2c(c1)C(c1ccc(Cl)cc1)=NC(CC(=O)NCCNC(=O)CCc1ccc(O)c(O)c1)C1NNC(C)N21. The fourth-order valence-corrected chi connectivity index (χ4v) is 5.45. The highest BCUT2D eigenvalue weighted by molar-refractivity contribution is 6.30. The van der Waals surface area contributed by atoms with Crippen molar-refractivity contribution in [3.8, 4) is 17.2 Å². The number of ether oxygens (including phenoxy) is 1. The fraction of sp³-hybridized carbons (Fsp3) is 0.323. The molecule has 0 aromatic heterocycles. The predicted molar refractivity (Wildman–Crippen MR) is 165 cm³/mol. The molecule has 0 bridgehead atoms. The Morgan fingerprint density at radius 2 is 1.72 bits per heavy atom.